The summed E-state index contributed by atoms with van der Waals surface area (Å²) in [7, 11) is 0. The molecule has 1 aromatic heterocycles. The molecule has 12 heavy (non-hydrogen) atoms. The van der Waals surface area contributed by atoms with Crippen molar-refractivity contribution in [1.82, 2.24) is 4.98 Å². The van der Waals surface area contributed by atoms with Crippen molar-refractivity contribution in [1.29, 1.82) is 0 Å². The van der Waals surface area contributed by atoms with Crippen LogP contribution in [0.15, 0.2) is 23.2 Å². The fourth-order valence-corrected chi connectivity index (χ4v) is 1.83. The van der Waals surface area contributed by atoms with Crippen LogP contribution in [-0.4, -0.2) is 22.5 Å². The average Bonchev–Trinajstić information content (AvgIpc) is 2.05. The molecule has 4 heteroatoms. The van der Waals surface area contributed by atoms with E-state index in [1.165, 1.54) is 0 Å². The quantitative estimate of drug-likeness (QED) is 0.463. The van der Waals surface area contributed by atoms with Crippen LogP contribution in [0, 0.1) is 0 Å². The van der Waals surface area contributed by atoms with Gasteiger partial charge in [0.15, 0.2) is 0 Å². The van der Waals surface area contributed by atoms with Crippen LogP contribution in [-0.2, 0) is 0 Å². The summed E-state index contributed by atoms with van der Waals surface area (Å²) in [5.74, 6) is 0.914. The van der Waals surface area contributed by atoms with Gasteiger partial charge >= 0.3 is 0 Å². The lowest BCUT2D eigenvalue weighted by molar-refractivity contribution is 0.296. The molecule has 1 rings (SSSR count). The second-order valence-electron chi connectivity index (χ2n) is 2.24. The fourth-order valence-electron chi connectivity index (χ4n) is 0.729. The second kappa shape index (κ2) is 5.41. The molecule has 1 aromatic rings. The molecule has 0 spiro atoms. The van der Waals surface area contributed by atoms with Gasteiger partial charge in [-0.3, -0.25) is 0 Å². The van der Waals surface area contributed by atoms with Gasteiger partial charge in [-0.05, 0) is 18.6 Å². The normalized spacial score (nSPS) is 10.2. The third-order valence-electron chi connectivity index (χ3n) is 1.27. The lowest BCUT2D eigenvalue weighted by Gasteiger charge is -1.99. The van der Waals surface area contributed by atoms with E-state index in [9.17, 15) is 0 Å². The Kier molecular flexibility index (Phi) is 4.43. The summed E-state index contributed by atoms with van der Waals surface area (Å²) in [6, 6.07) is 3.73. The van der Waals surface area contributed by atoms with Gasteiger partial charge < -0.3 is 5.11 Å². The van der Waals surface area contributed by atoms with Crippen LogP contribution in [0.4, 0.5) is 0 Å². The minimum Gasteiger partial charge on any atom is -0.396 e. The van der Waals surface area contributed by atoms with Crippen molar-refractivity contribution < 1.29 is 5.11 Å². The number of aliphatic hydroxyl groups excluding tert-OH is 1. The monoisotopic (exact) mass is 203 g/mol. The molecule has 0 aliphatic rings. The first-order valence-corrected chi connectivity index (χ1v) is 5.04. The molecule has 0 aliphatic heterocycles. The molecule has 0 saturated carbocycles. The molecule has 0 aromatic carbocycles. The summed E-state index contributed by atoms with van der Waals surface area (Å²) in [6.45, 7) is 0.242. The highest BCUT2D eigenvalue weighted by Crippen LogP contribution is 2.20. The Bertz CT molecular complexity index is 244. The molecular weight excluding hydrogens is 194 g/mol. The first-order chi connectivity index (χ1) is 5.83. The van der Waals surface area contributed by atoms with Gasteiger partial charge in [0, 0.05) is 23.5 Å². The Morgan fingerprint density at radius 1 is 1.58 bits per heavy atom. The lowest BCUT2D eigenvalue weighted by Crippen LogP contribution is -1.85. The van der Waals surface area contributed by atoms with Crippen LogP contribution in [0.5, 0.6) is 0 Å². The maximum absolute atomic E-state index is 8.55. The number of rotatable bonds is 4. The molecule has 0 unspecified atom stereocenters. The van der Waals surface area contributed by atoms with Crippen LogP contribution in [0.25, 0.3) is 0 Å². The average molecular weight is 204 g/mol. The first kappa shape index (κ1) is 9.84. The van der Waals surface area contributed by atoms with E-state index in [0.717, 1.165) is 17.1 Å². The number of pyridine rings is 1. The molecule has 1 heterocycles. The molecule has 0 atom stereocenters. The number of hydrogen-bond acceptors (Lipinski definition) is 3. The zero-order valence-electron chi connectivity index (χ0n) is 6.53. The number of nitrogens with zero attached hydrogens (tertiary/aromatic N) is 1. The Morgan fingerprint density at radius 2 is 2.42 bits per heavy atom. The van der Waals surface area contributed by atoms with E-state index in [1.807, 2.05) is 12.1 Å². The van der Waals surface area contributed by atoms with E-state index >= 15 is 0 Å². The van der Waals surface area contributed by atoms with E-state index < -0.39 is 0 Å². The molecule has 1 N–H and O–H groups in total. The molecule has 0 aliphatic carbocycles. The molecule has 0 bridgehead atoms. The van der Waals surface area contributed by atoms with Crippen molar-refractivity contribution in [2.24, 2.45) is 0 Å². The maximum atomic E-state index is 8.55. The summed E-state index contributed by atoms with van der Waals surface area (Å²) in [5, 5.41) is 9.06. The molecule has 0 amide bonds. The van der Waals surface area contributed by atoms with Gasteiger partial charge in [-0.2, -0.15) is 0 Å². The van der Waals surface area contributed by atoms with Crippen molar-refractivity contribution in [3.05, 3.63) is 23.5 Å². The highest BCUT2D eigenvalue weighted by Gasteiger charge is 1.94. The smallest absolute Gasteiger partial charge is 0.130 e. The maximum Gasteiger partial charge on any atom is 0.130 e. The lowest BCUT2D eigenvalue weighted by atomic mass is 10.5. The number of aromatic nitrogens is 1. The minimum absolute atomic E-state index is 0.242. The predicted octanol–water partition coefficient (Wildman–Crippen LogP) is 2.21. The van der Waals surface area contributed by atoms with Gasteiger partial charge in [0.05, 0.1) is 0 Å². The highest BCUT2D eigenvalue weighted by atomic mass is 35.5. The van der Waals surface area contributed by atoms with E-state index in [2.05, 4.69) is 4.98 Å². The fraction of sp³-hybridized carbons (Fsp3) is 0.375. The molecular formula is C8H10ClNOS. The van der Waals surface area contributed by atoms with E-state index in [-0.39, 0.29) is 6.61 Å². The topological polar surface area (TPSA) is 33.1 Å². The van der Waals surface area contributed by atoms with E-state index in [0.29, 0.717) is 5.15 Å². The summed E-state index contributed by atoms with van der Waals surface area (Å²) in [5.41, 5.74) is 0. The van der Waals surface area contributed by atoms with Crippen molar-refractivity contribution in [2.75, 3.05) is 12.4 Å². The van der Waals surface area contributed by atoms with E-state index in [1.54, 1.807) is 18.0 Å². The number of halogens is 1. The number of hydrogen-bond donors (Lipinski definition) is 1. The van der Waals surface area contributed by atoms with Gasteiger partial charge in [-0.25, -0.2) is 4.98 Å². The Labute approximate surface area is 81.0 Å². The van der Waals surface area contributed by atoms with Crippen LogP contribution < -0.4 is 0 Å². The molecule has 0 fully saturated rings. The van der Waals surface area contributed by atoms with Crippen LogP contribution in [0.1, 0.15) is 6.42 Å². The van der Waals surface area contributed by atoms with Crippen LogP contribution in [0.2, 0.25) is 5.15 Å². The molecule has 2 nitrogen and oxygen atoms in total. The van der Waals surface area contributed by atoms with E-state index in [4.69, 9.17) is 16.7 Å². The van der Waals surface area contributed by atoms with Crippen LogP contribution >= 0.6 is 23.4 Å². The molecule has 0 saturated heterocycles. The van der Waals surface area contributed by atoms with Crippen molar-refractivity contribution >= 4 is 23.4 Å². The third kappa shape index (κ3) is 3.43. The number of aliphatic hydroxyl groups is 1. The first-order valence-electron chi connectivity index (χ1n) is 3.68. The summed E-state index contributed by atoms with van der Waals surface area (Å²) in [6.07, 6.45) is 2.49. The Hall–Kier alpha value is -0.250. The van der Waals surface area contributed by atoms with Gasteiger partial charge in [0.2, 0.25) is 0 Å². The number of thioether (sulfide) groups is 1. The summed E-state index contributed by atoms with van der Waals surface area (Å²) < 4.78 is 0. The summed E-state index contributed by atoms with van der Waals surface area (Å²) in [4.78, 5) is 4.97. The SMILES string of the molecule is OCCCSc1ccnc(Cl)c1. The van der Waals surface area contributed by atoms with Crippen molar-refractivity contribution in [3.63, 3.8) is 0 Å². The van der Waals surface area contributed by atoms with Gasteiger partial charge in [0.1, 0.15) is 5.15 Å². The largest absolute Gasteiger partial charge is 0.396 e. The summed E-state index contributed by atoms with van der Waals surface area (Å²) >= 11 is 7.36. The van der Waals surface area contributed by atoms with Crippen LogP contribution in [0.3, 0.4) is 0 Å². The van der Waals surface area contributed by atoms with Gasteiger partial charge in [-0.15, -0.1) is 11.8 Å². The molecule has 0 radical (unpaired) electrons. The zero-order valence-corrected chi connectivity index (χ0v) is 8.11. The zero-order chi connectivity index (χ0) is 8.81. The third-order valence-corrected chi connectivity index (χ3v) is 2.56. The Balaban J connectivity index is 2.41. The van der Waals surface area contributed by atoms with Gasteiger partial charge in [0.25, 0.3) is 0 Å². The Morgan fingerprint density at radius 3 is 3.08 bits per heavy atom. The predicted molar refractivity (Wildman–Crippen MR) is 51.7 cm³/mol. The highest BCUT2D eigenvalue weighted by molar-refractivity contribution is 7.99. The van der Waals surface area contributed by atoms with Crippen molar-refractivity contribution in [2.45, 2.75) is 11.3 Å². The van der Waals surface area contributed by atoms with Crippen molar-refractivity contribution in [3.8, 4) is 0 Å². The molecule has 66 valence electrons. The second-order valence-corrected chi connectivity index (χ2v) is 3.80. The standard InChI is InChI=1S/C8H10ClNOS/c9-8-6-7(2-3-10-8)12-5-1-4-11/h2-3,6,11H,1,4-5H2. The minimum atomic E-state index is 0.242. The van der Waals surface area contributed by atoms with Gasteiger partial charge in [-0.1, -0.05) is 11.6 Å².